The Morgan fingerprint density at radius 2 is 1.78 bits per heavy atom. The van der Waals surface area contributed by atoms with Crippen molar-refractivity contribution in [2.24, 2.45) is 0 Å². The highest BCUT2D eigenvalue weighted by Crippen LogP contribution is 2.24. The first-order valence-corrected chi connectivity index (χ1v) is 9.30. The van der Waals surface area contributed by atoms with Gasteiger partial charge in [0.1, 0.15) is 5.75 Å². The maximum absolute atomic E-state index is 12.5. The molecule has 1 aliphatic rings. The molecule has 2 aromatic rings. The average molecular weight is 387 g/mol. The second-order valence-electron chi connectivity index (χ2n) is 7.09. The Kier molecular flexibility index (Phi) is 5.71. The second kappa shape index (κ2) is 8.01. The highest BCUT2D eigenvalue weighted by molar-refractivity contribution is 6.32. The maximum atomic E-state index is 12.5. The lowest BCUT2D eigenvalue weighted by molar-refractivity contribution is -0.145. The zero-order valence-electron chi connectivity index (χ0n) is 15.5. The SMILES string of the molecule is Cc1cc(C)cc(CN2CCN(C(=O)Cc3ccc(O)c(Cl)c3)CC2=O)c1. The molecule has 0 aromatic heterocycles. The van der Waals surface area contributed by atoms with Gasteiger partial charge in [-0.25, -0.2) is 0 Å². The Morgan fingerprint density at radius 3 is 2.41 bits per heavy atom. The van der Waals surface area contributed by atoms with E-state index in [-0.39, 0.29) is 35.6 Å². The van der Waals surface area contributed by atoms with Crippen molar-refractivity contribution in [2.45, 2.75) is 26.8 Å². The van der Waals surface area contributed by atoms with E-state index < -0.39 is 0 Å². The summed E-state index contributed by atoms with van der Waals surface area (Å²) >= 11 is 5.89. The van der Waals surface area contributed by atoms with Gasteiger partial charge in [-0.1, -0.05) is 47.0 Å². The molecule has 0 radical (unpaired) electrons. The van der Waals surface area contributed by atoms with Gasteiger partial charge in [0.15, 0.2) is 0 Å². The lowest BCUT2D eigenvalue weighted by Crippen LogP contribution is -2.52. The van der Waals surface area contributed by atoms with Crippen molar-refractivity contribution in [2.75, 3.05) is 19.6 Å². The maximum Gasteiger partial charge on any atom is 0.242 e. The third-order valence-electron chi connectivity index (χ3n) is 4.69. The molecular formula is C21H23ClN2O3. The molecule has 2 amide bonds. The Bertz CT molecular complexity index is 861. The summed E-state index contributed by atoms with van der Waals surface area (Å²) in [5, 5.41) is 9.69. The summed E-state index contributed by atoms with van der Waals surface area (Å²) in [4.78, 5) is 28.4. The molecule has 0 atom stereocenters. The first kappa shape index (κ1) is 19.2. The fourth-order valence-corrected chi connectivity index (χ4v) is 3.62. The van der Waals surface area contributed by atoms with Gasteiger partial charge in [0.05, 0.1) is 18.0 Å². The van der Waals surface area contributed by atoms with E-state index in [1.165, 1.54) is 17.2 Å². The summed E-state index contributed by atoms with van der Waals surface area (Å²) in [7, 11) is 0. The molecule has 2 aromatic carbocycles. The Hall–Kier alpha value is -2.53. The molecule has 142 valence electrons. The molecule has 0 aliphatic carbocycles. The van der Waals surface area contributed by atoms with Gasteiger partial charge < -0.3 is 14.9 Å². The topological polar surface area (TPSA) is 60.9 Å². The number of carbonyl (C=O) groups is 2. The summed E-state index contributed by atoms with van der Waals surface area (Å²) in [6.07, 6.45) is 0.157. The van der Waals surface area contributed by atoms with Gasteiger partial charge in [-0.3, -0.25) is 9.59 Å². The molecule has 1 saturated heterocycles. The summed E-state index contributed by atoms with van der Waals surface area (Å²) in [6, 6.07) is 11.0. The number of benzene rings is 2. The number of halogens is 1. The minimum absolute atomic E-state index is 0.0111. The van der Waals surface area contributed by atoms with E-state index in [1.807, 2.05) is 13.8 Å². The molecule has 27 heavy (non-hydrogen) atoms. The number of aryl methyl sites for hydroxylation is 2. The summed E-state index contributed by atoms with van der Waals surface area (Å²) in [5.74, 6) is -0.170. The molecule has 3 rings (SSSR count). The molecule has 0 spiro atoms. The van der Waals surface area contributed by atoms with Gasteiger partial charge >= 0.3 is 0 Å². The molecule has 1 fully saturated rings. The largest absolute Gasteiger partial charge is 0.506 e. The van der Waals surface area contributed by atoms with Crippen LogP contribution >= 0.6 is 11.6 Å². The number of phenolic OH excluding ortho intramolecular Hbond substituents is 1. The van der Waals surface area contributed by atoms with Crippen molar-refractivity contribution in [3.63, 3.8) is 0 Å². The van der Waals surface area contributed by atoms with Crippen LogP contribution in [0.15, 0.2) is 36.4 Å². The molecule has 0 saturated carbocycles. The predicted molar refractivity (Wildman–Crippen MR) is 105 cm³/mol. The highest BCUT2D eigenvalue weighted by Gasteiger charge is 2.27. The number of rotatable bonds is 4. The molecular weight excluding hydrogens is 364 g/mol. The van der Waals surface area contributed by atoms with Crippen LogP contribution in [0.4, 0.5) is 0 Å². The molecule has 1 heterocycles. The third-order valence-corrected chi connectivity index (χ3v) is 5.00. The molecule has 1 aliphatic heterocycles. The number of phenols is 1. The van der Waals surface area contributed by atoms with Crippen LogP contribution in [-0.2, 0) is 22.6 Å². The molecule has 6 heteroatoms. The van der Waals surface area contributed by atoms with Crippen molar-refractivity contribution in [1.82, 2.24) is 9.80 Å². The van der Waals surface area contributed by atoms with Crippen LogP contribution in [-0.4, -0.2) is 46.4 Å². The second-order valence-corrected chi connectivity index (χ2v) is 7.50. The molecule has 5 nitrogen and oxygen atoms in total. The van der Waals surface area contributed by atoms with Crippen molar-refractivity contribution >= 4 is 23.4 Å². The first-order chi connectivity index (χ1) is 12.8. The average Bonchev–Trinajstić information content (AvgIpc) is 2.59. The zero-order valence-corrected chi connectivity index (χ0v) is 16.3. The monoisotopic (exact) mass is 386 g/mol. The van der Waals surface area contributed by atoms with Crippen LogP contribution in [0.2, 0.25) is 5.02 Å². The van der Waals surface area contributed by atoms with Gasteiger partial charge in [0, 0.05) is 19.6 Å². The van der Waals surface area contributed by atoms with E-state index in [4.69, 9.17) is 11.6 Å². The predicted octanol–water partition coefficient (Wildman–Crippen LogP) is 3.08. The van der Waals surface area contributed by atoms with E-state index in [0.717, 1.165) is 5.56 Å². The number of hydrogen-bond donors (Lipinski definition) is 1. The van der Waals surface area contributed by atoms with E-state index in [9.17, 15) is 14.7 Å². The molecule has 0 unspecified atom stereocenters. The van der Waals surface area contributed by atoms with E-state index in [0.29, 0.717) is 25.2 Å². The minimum Gasteiger partial charge on any atom is -0.506 e. The number of aromatic hydroxyl groups is 1. The zero-order chi connectivity index (χ0) is 19.6. The third kappa shape index (κ3) is 4.80. The number of amides is 2. The van der Waals surface area contributed by atoms with Gasteiger partial charge in [0.2, 0.25) is 11.8 Å². The summed E-state index contributed by atoms with van der Waals surface area (Å²) in [5.41, 5.74) is 4.19. The Labute approximate surface area is 164 Å². The van der Waals surface area contributed by atoms with Crippen LogP contribution in [0.1, 0.15) is 22.3 Å². The molecule has 0 bridgehead atoms. The fraction of sp³-hybridized carbons (Fsp3) is 0.333. The lowest BCUT2D eigenvalue weighted by Gasteiger charge is -2.34. The van der Waals surface area contributed by atoms with Crippen molar-refractivity contribution in [1.29, 1.82) is 0 Å². The smallest absolute Gasteiger partial charge is 0.242 e. The lowest BCUT2D eigenvalue weighted by atomic mass is 10.1. The van der Waals surface area contributed by atoms with Crippen LogP contribution in [0.5, 0.6) is 5.75 Å². The van der Waals surface area contributed by atoms with Crippen LogP contribution in [0.3, 0.4) is 0 Å². The normalized spacial score (nSPS) is 14.6. The van der Waals surface area contributed by atoms with Gasteiger partial charge in [-0.05, 0) is 37.1 Å². The van der Waals surface area contributed by atoms with Crippen molar-refractivity contribution in [3.05, 3.63) is 63.7 Å². The van der Waals surface area contributed by atoms with Gasteiger partial charge in [-0.15, -0.1) is 0 Å². The number of carbonyl (C=O) groups excluding carboxylic acids is 2. The Morgan fingerprint density at radius 1 is 1.07 bits per heavy atom. The van der Waals surface area contributed by atoms with Crippen molar-refractivity contribution in [3.8, 4) is 5.75 Å². The standard InChI is InChI=1S/C21H23ClN2O3/c1-14-7-15(2)9-17(8-14)12-23-5-6-24(13-21(23)27)20(26)11-16-3-4-19(25)18(22)10-16/h3-4,7-10,25H,5-6,11-13H2,1-2H3. The minimum atomic E-state index is -0.115. The van der Waals surface area contributed by atoms with E-state index >= 15 is 0 Å². The highest BCUT2D eigenvalue weighted by atomic mass is 35.5. The summed E-state index contributed by atoms with van der Waals surface area (Å²) in [6.45, 7) is 5.79. The molecule has 1 N–H and O–H groups in total. The number of piperazine rings is 1. The fourth-order valence-electron chi connectivity index (χ4n) is 3.42. The van der Waals surface area contributed by atoms with Gasteiger partial charge in [0.25, 0.3) is 0 Å². The van der Waals surface area contributed by atoms with Crippen LogP contribution in [0.25, 0.3) is 0 Å². The van der Waals surface area contributed by atoms with Crippen LogP contribution < -0.4 is 0 Å². The van der Waals surface area contributed by atoms with E-state index in [1.54, 1.807) is 21.9 Å². The van der Waals surface area contributed by atoms with Crippen molar-refractivity contribution < 1.29 is 14.7 Å². The van der Waals surface area contributed by atoms with Crippen LogP contribution in [0, 0.1) is 13.8 Å². The van der Waals surface area contributed by atoms with E-state index in [2.05, 4.69) is 18.2 Å². The first-order valence-electron chi connectivity index (χ1n) is 8.92. The quantitative estimate of drug-likeness (QED) is 0.878. The number of nitrogens with zero attached hydrogens (tertiary/aromatic N) is 2. The number of hydrogen-bond acceptors (Lipinski definition) is 3. The summed E-state index contributed by atoms with van der Waals surface area (Å²) < 4.78 is 0. The van der Waals surface area contributed by atoms with Gasteiger partial charge in [-0.2, -0.15) is 0 Å². The Balaban J connectivity index is 1.59.